The third kappa shape index (κ3) is 5.36. The Labute approximate surface area is 216 Å². The van der Waals surface area contributed by atoms with Gasteiger partial charge in [-0.1, -0.05) is 36.4 Å². The van der Waals surface area contributed by atoms with Gasteiger partial charge in [-0.15, -0.1) is 11.8 Å². The number of benzene rings is 3. The molecular formula is C24H17N2NaO3S2. The largest absolute Gasteiger partial charge is 1.00 e. The van der Waals surface area contributed by atoms with Crippen LogP contribution in [0.5, 0.6) is 0 Å². The molecule has 0 aliphatic carbocycles. The number of nitrogens with zero attached hydrogens (tertiary/aromatic N) is 2. The monoisotopic (exact) mass is 468 g/mol. The number of rotatable bonds is 7. The van der Waals surface area contributed by atoms with Gasteiger partial charge in [0.2, 0.25) is 0 Å². The average molecular weight is 469 g/mol. The summed E-state index contributed by atoms with van der Waals surface area (Å²) in [7, 11) is 0. The number of ketones is 1. The third-order valence-corrected chi connectivity index (χ3v) is 6.20. The molecule has 1 heterocycles. The van der Waals surface area contributed by atoms with Crippen LogP contribution in [0, 0.1) is 0 Å². The number of carboxylic acids is 1. The summed E-state index contributed by atoms with van der Waals surface area (Å²) in [6.45, 7) is 0. The van der Waals surface area contributed by atoms with E-state index in [1.165, 1.54) is 0 Å². The van der Waals surface area contributed by atoms with Crippen molar-refractivity contribution in [3.8, 4) is 0 Å². The molecule has 0 N–H and O–H groups in total. The van der Waals surface area contributed by atoms with Crippen LogP contribution in [0.3, 0.4) is 0 Å². The zero-order valence-electron chi connectivity index (χ0n) is 17.6. The molecule has 0 bridgehead atoms. The zero-order valence-corrected chi connectivity index (χ0v) is 21.2. The molecule has 154 valence electrons. The SMILES string of the molecule is CSc1ccc(C(=O)C(Cc2ccccc2)=C(C(=O)[O-])c2ccc3nsnc3c2)cc1.[Na+]. The predicted octanol–water partition coefficient (Wildman–Crippen LogP) is 1.05. The topological polar surface area (TPSA) is 83.0 Å². The Bertz CT molecular complexity index is 1290. The molecule has 0 aliphatic rings. The maximum atomic E-state index is 13.5. The van der Waals surface area contributed by atoms with Crippen molar-refractivity contribution in [3.05, 3.63) is 95.1 Å². The van der Waals surface area contributed by atoms with Crippen LogP contribution >= 0.6 is 23.5 Å². The van der Waals surface area contributed by atoms with Crippen molar-refractivity contribution in [3.63, 3.8) is 0 Å². The first-order chi connectivity index (χ1) is 15.1. The van der Waals surface area contributed by atoms with Crippen molar-refractivity contribution in [1.82, 2.24) is 8.75 Å². The standard InChI is InChI=1S/C24H18N2O3S2.Na/c1-30-18-10-7-16(8-11-18)23(27)19(13-15-5-3-2-4-6-15)22(24(28)29)17-9-12-20-21(14-17)26-31-25-20;/h2-12,14H,13H2,1H3,(H,28,29);/q;+1/p-1. The molecule has 0 aliphatic heterocycles. The number of allylic oxidation sites excluding steroid dienone is 1. The summed E-state index contributed by atoms with van der Waals surface area (Å²) in [5.41, 5.74) is 2.94. The summed E-state index contributed by atoms with van der Waals surface area (Å²) < 4.78 is 8.35. The number of thioether (sulfide) groups is 1. The van der Waals surface area contributed by atoms with E-state index in [1.54, 1.807) is 42.1 Å². The van der Waals surface area contributed by atoms with E-state index in [1.807, 2.05) is 48.7 Å². The van der Waals surface area contributed by atoms with Crippen molar-refractivity contribution in [2.45, 2.75) is 11.3 Å². The number of hydrogen-bond donors (Lipinski definition) is 0. The number of carbonyl (C=O) groups excluding carboxylic acids is 2. The molecule has 1 aromatic heterocycles. The van der Waals surface area contributed by atoms with Crippen molar-refractivity contribution >= 4 is 51.8 Å². The molecule has 0 amide bonds. The van der Waals surface area contributed by atoms with Crippen molar-refractivity contribution < 1.29 is 44.3 Å². The number of aliphatic carboxylic acids is 1. The van der Waals surface area contributed by atoms with Gasteiger partial charge in [-0.3, -0.25) is 4.79 Å². The molecule has 0 spiro atoms. The second-order valence-corrected chi connectivity index (χ2v) is 8.24. The van der Waals surface area contributed by atoms with Gasteiger partial charge < -0.3 is 9.90 Å². The van der Waals surface area contributed by atoms with Gasteiger partial charge >= 0.3 is 29.6 Å². The van der Waals surface area contributed by atoms with Crippen LogP contribution in [-0.4, -0.2) is 26.8 Å². The van der Waals surface area contributed by atoms with Crippen molar-refractivity contribution in [2.75, 3.05) is 6.26 Å². The fraction of sp³-hybridized carbons (Fsp3) is 0.0833. The van der Waals surface area contributed by atoms with Crippen LogP contribution < -0.4 is 34.7 Å². The quantitative estimate of drug-likeness (QED) is 0.175. The van der Waals surface area contributed by atoms with E-state index >= 15 is 0 Å². The molecule has 0 unspecified atom stereocenters. The maximum Gasteiger partial charge on any atom is 1.00 e. The Morgan fingerprint density at radius 1 is 0.906 bits per heavy atom. The summed E-state index contributed by atoms with van der Waals surface area (Å²) in [5.74, 6) is -1.74. The summed E-state index contributed by atoms with van der Waals surface area (Å²) in [6.07, 6.45) is 2.12. The molecule has 4 rings (SSSR count). The molecule has 32 heavy (non-hydrogen) atoms. The van der Waals surface area contributed by atoms with E-state index in [0.717, 1.165) is 22.2 Å². The first-order valence-corrected chi connectivity index (χ1v) is 11.4. The molecule has 0 atom stereocenters. The number of carbonyl (C=O) groups is 2. The number of Topliss-reactive ketones (excluding diaryl/α,β-unsaturated/α-hetero) is 1. The van der Waals surface area contributed by atoms with Gasteiger partial charge in [-0.2, -0.15) is 8.75 Å². The Hall–Kier alpha value is -2.29. The normalized spacial score (nSPS) is 11.5. The summed E-state index contributed by atoms with van der Waals surface area (Å²) >= 11 is 2.62. The Morgan fingerprint density at radius 3 is 2.22 bits per heavy atom. The first kappa shape index (κ1) is 24.4. The van der Waals surface area contributed by atoms with Crippen LogP contribution in [0.1, 0.15) is 21.5 Å². The average Bonchev–Trinajstić information content (AvgIpc) is 3.27. The molecule has 5 nitrogen and oxygen atoms in total. The van der Waals surface area contributed by atoms with E-state index in [4.69, 9.17) is 0 Å². The van der Waals surface area contributed by atoms with Gasteiger partial charge in [0.15, 0.2) is 5.78 Å². The minimum atomic E-state index is -1.40. The molecule has 0 radical (unpaired) electrons. The molecule has 0 saturated heterocycles. The fourth-order valence-corrected chi connectivity index (χ4v) is 4.28. The van der Waals surface area contributed by atoms with Crippen LogP contribution in [0.15, 0.2) is 83.3 Å². The van der Waals surface area contributed by atoms with Crippen molar-refractivity contribution in [2.24, 2.45) is 0 Å². The Balaban J connectivity index is 0.00000289. The number of hydrogen-bond acceptors (Lipinski definition) is 7. The van der Waals surface area contributed by atoms with E-state index < -0.39 is 5.97 Å². The van der Waals surface area contributed by atoms with Gasteiger partial charge in [0.05, 0.1) is 17.7 Å². The first-order valence-electron chi connectivity index (χ1n) is 9.46. The maximum absolute atomic E-state index is 13.5. The Kier molecular flexibility index (Phi) is 8.39. The summed E-state index contributed by atoms with van der Waals surface area (Å²) in [6, 6.07) is 21.4. The van der Waals surface area contributed by atoms with E-state index in [9.17, 15) is 14.7 Å². The second-order valence-electron chi connectivity index (χ2n) is 6.83. The number of aromatic nitrogens is 2. The van der Waals surface area contributed by atoms with Crippen LogP contribution in [0.25, 0.3) is 16.6 Å². The van der Waals surface area contributed by atoms with Gasteiger partial charge in [0.1, 0.15) is 11.0 Å². The minimum Gasteiger partial charge on any atom is -0.545 e. The summed E-state index contributed by atoms with van der Waals surface area (Å²) in [4.78, 5) is 26.8. The molecule has 8 heteroatoms. The van der Waals surface area contributed by atoms with Gasteiger partial charge in [-0.05, 0) is 53.8 Å². The molecule has 3 aromatic carbocycles. The van der Waals surface area contributed by atoms with Gasteiger partial charge in [0, 0.05) is 28.0 Å². The predicted molar refractivity (Wildman–Crippen MR) is 122 cm³/mol. The fourth-order valence-electron chi connectivity index (χ4n) is 3.35. The molecular weight excluding hydrogens is 451 g/mol. The van der Waals surface area contributed by atoms with Crippen molar-refractivity contribution in [1.29, 1.82) is 0 Å². The third-order valence-electron chi connectivity index (χ3n) is 4.90. The molecule has 0 fully saturated rings. The van der Waals surface area contributed by atoms with Crippen LogP contribution in [0.4, 0.5) is 0 Å². The minimum absolute atomic E-state index is 0. The zero-order chi connectivity index (χ0) is 21.8. The van der Waals surface area contributed by atoms with E-state index in [2.05, 4.69) is 8.75 Å². The number of fused-ring (bicyclic) bond motifs is 1. The van der Waals surface area contributed by atoms with E-state index in [0.29, 0.717) is 22.2 Å². The van der Waals surface area contributed by atoms with Crippen LogP contribution in [0.2, 0.25) is 0 Å². The smallest absolute Gasteiger partial charge is 0.545 e. The number of carboxylic acid groups (broad SMARTS) is 1. The van der Waals surface area contributed by atoms with Crippen LogP contribution in [-0.2, 0) is 11.2 Å². The van der Waals surface area contributed by atoms with Gasteiger partial charge in [0.25, 0.3) is 0 Å². The Morgan fingerprint density at radius 2 is 1.56 bits per heavy atom. The summed E-state index contributed by atoms with van der Waals surface area (Å²) in [5, 5.41) is 12.3. The molecule has 4 aromatic rings. The van der Waals surface area contributed by atoms with Gasteiger partial charge in [-0.25, -0.2) is 0 Å². The second kappa shape index (κ2) is 11.0. The van der Waals surface area contributed by atoms with E-state index in [-0.39, 0.29) is 52.9 Å². The molecule has 0 saturated carbocycles.